The number of hydrogen-bond acceptors (Lipinski definition) is 3. The third kappa shape index (κ3) is 3.14. The van der Waals surface area contributed by atoms with Crippen LogP contribution in [0, 0.1) is 11.8 Å². The van der Waals surface area contributed by atoms with Gasteiger partial charge >= 0.3 is 0 Å². The van der Waals surface area contributed by atoms with Crippen LogP contribution in [0.5, 0.6) is 0 Å². The highest BCUT2D eigenvalue weighted by Gasteiger charge is 2.40. The van der Waals surface area contributed by atoms with E-state index in [0.29, 0.717) is 32.2 Å². The molecule has 2 saturated heterocycles. The van der Waals surface area contributed by atoms with Gasteiger partial charge in [0.05, 0.1) is 13.2 Å². The van der Waals surface area contributed by atoms with E-state index in [1.165, 1.54) is 25.7 Å². The first kappa shape index (κ1) is 15.8. The van der Waals surface area contributed by atoms with Gasteiger partial charge in [-0.05, 0) is 31.6 Å². The first-order valence-electron chi connectivity index (χ1n) is 8.85. The molecule has 2 atom stereocenters. The number of carbonyl (C=O) groups is 2. The Bertz CT molecular complexity index is 414. The highest BCUT2D eigenvalue weighted by atomic mass is 16.5. The van der Waals surface area contributed by atoms with Crippen LogP contribution >= 0.6 is 0 Å². The molecule has 0 aromatic carbocycles. The quantitative estimate of drug-likeness (QED) is 0.797. The molecule has 22 heavy (non-hydrogen) atoms. The third-order valence-corrected chi connectivity index (χ3v) is 5.64. The van der Waals surface area contributed by atoms with Gasteiger partial charge in [0.15, 0.2) is 0 Å². The molecule has 0 aromatic rings. The molecule has 124 valence electrons. The van der Waals surface area contributed by atoms with Crippen molar-refractivity contribution in [2.24, 2.45) is 11.8 Å². The predicted molar refractivity (Wildman–Crippen MR) is 83.3 cm³/mol. The minimum Gasteiger partial charge on any atom is -0.378 e. The van der Waals surface area contributed by atoms with E-state index in [0.717, 1.165) is 19.4 Å². The molecule has 0 spiro atoms. The summed E-state index contributed by atoms with van der Waals surface area (Å²) in [4.78, 5) is 29.3. The summed E-state index contributed by atoms with van der Waals surface area (Å²) >= 11 is 0. The summed E-state index contributed by atoms with van der Waals surface area (Å²) in [6, 6.07) is -0.227. The second-order valence-corrected chi connectivity index (χ2v) is 6.96. The highest BCUT2D eigenvalue weighted by Crippen LogP contribution is 2.33. The number of amides is 2. The van der Waals surface area contributed by atoms with Gasteiger partial charge in [-0.3, -0.25) is 9.59 Å². The van der Waals surface area contributed by atoms with Crippen molar-refractivity contribution >= 4 is 11.8 Å². The Balaban J connectivity index is 1.64. The van der Waals surface area contributed by atoms with Crippen molar-refractivity contribution < 1.29 is 14.3 Å². The molecule has 0 radical (unpaired) electrons. The van der Waals surface area contributed by atoms with E-state index in [1.807, 2.05) is 9.80 Å². The Kier molecular flexibility index (Phi) is 5.01. The zero-order valence-corrected chi connectivity index (χ0v) is 13.6. The van der Waals surface area contributed by atoms with Crippen molar-refractivity contribution in [3.63, 3.8) is 0 Å². The van der Waals surface area contributed by atoms with Crippen LogP contribution in [0.4, 0.5) is 0 Å². The van der Waals surface area contributed by atoms with Crippen molar-refractivity contribution in [1.29, 1.82) is 0 Å². The lowest BCUT2D eigenvalue weighted by Crippen LogP contribution is -2.52. The van der Waals surface area contributed by atoms with Crippen molar-refractivity contribution in [2.75, 3.05) is 32.8 Å². The van der Waals surface area contributed by atoms with Crippen LogP contribution in [0.2, 0.25) is 0 Å². The van der Waals surface area contributed by atoms with Gasteiger partial charge in [0.1, 0.15) is 6.04 Å². The minimum absolute atomic E-state index is 0.0700. The lowest BCUT2D eigenvalue weighted by atomic mass is 9.91. The molecule has 2 aliphatic heterocycles. The Hall–Kier alpha value is -1.10. The molecule has 3 fully saturated rings. The topological polar surface area (TPSA) is 49.9 Å². The van der Waals surface area contributed by atoms with Gasteiger partial charge in [-0.2, -0.15) is 0 Å². The van der Waals surface area contributed by atoms with E-state index >= 15 is 0 Å². The van der Waals surface area contributed by atoms with Gasteiger partial charge in [0, 0.05) is 25.6 Å². The average Bonchev–Trinajstić information content (AvgIpc) is 3.24. The van der Waals surface area contributed by atoms with Crippen LogP contribution in [0.1, 0.15) is 45.4 Å². The van der Waals surface area contributed by atoms with Crippen LogP contribution < -0.4 is 0 Å². The average molecular weight is 308 g/mol. The summed E-state index contributed by atoms with van der Waals surface area (Å²) < 4.78 is 5.32. The van der Waals surface area contributed by atoms with Gasteiger partial charge in [-0.15, -0.1) is 0 Å². The van der Waals surface area contributed by atoms with Gasteiger partial charge < -0.3 is 14.5 Å². The van der Waals surface area contributed by atoms with E-state index in [1.54, 1.807) is 0 Å². The molecule has 0 N–H and O–H groups in total. The molecule has 1 unspecified atom stereocenters. The number of morpholine rings is 1. The fraction of sp³-hybridized carbons (Fsp3) is 0.882. The van der Waals surface area contributed by atoms with E-state index in [4.69, 9.17) is 4.74 Å². The van der Waals surface area contributed by atoms with Gasteiger partial charge in [-0.1, -0.05) is 19.8 Å². The summed E-state index contributed by atoms with van der Waals surface area (Å²) in [5.74, 6) is 0.927. The predicted octanol–water partition coefficient (Wildman–Crippen LogP) is 1.66. The van der Waals surface area contributed by atoms with Gasteiger partial charge in [0.2, 0.25) is 11.8 Å². The number of ether oxygens (including phenoxy) is 1. The molecule has 1 saturated carbocycles. The molecule has 3 aliphatic rings. The lowest BCUT2D eigenvalue weighted by molar-refractivity contribution is -0.148. The van der Waals surface area contributed by atoms with Crippen LogP contribution in [0.3, 0.4) is 0 Å². The molecule has 2 heterocycles. The minimum atomic E-state index is -0.227. The van der Waals surface area contributed by atoms with Crippen LogP contribution in [-0.4, -0.2) is 60.5 Å². The molecular formula is C17H28N2O3. The summed E-state index contributed by atoms with van der Waals surface area (Å²) in [5.41, 5.74) is 0. The van der Waals surface area contributed by atoms with Gasteiger partial charge in [0.25, 0.3) is 0 Å². The number of likely N-dealkylation sites (tertiary alicyclic amines) is 1. The molecule has 3 rings (SSSR count). The summed E-state index contributed by atoms with van der Waals surface area (Å²) in [6.45, 7) is 5.37. The Morgan fingerprint density at radius 2 is 1.68 bits per heavy atom. The standard InChI is InChI=1S/C17H28N2O3/c1-13(14-5-2-3-6-14)16(20)19-8-4-7-15(19)17(21)18-9-11-22-12-10-18/h13-15H,2-12H2,1H3/t13?,15-/m0/s1. The van der Waals surface area contributed by atoms with Crippen molar-refractivity contribution in [3.05, 3.63) is 0 Å². The fourth-order valence-electron chi connectivity index (χ4n) is 4.20. The number of rotatable bonds is 3. The zero-order valence-electron chi connectivity index (χ0n) is 13.6. The van der Waals surface area contributed by atoms with E-state index in [2.05, 4.69) is 6.92 Å². The third-order valence-electron chi connectivity index (χ3n) is 5.64. The molecular weight excluding hydrogens is 280 g/mol. The number of carbonyl (C=O) groups excluding carboxylic acids is 2. The summed E-state index contributed by atoms with van der Waals surface area (Å²) in [7, 11) is 0. The highest BCUT2D eigenvalue weighted by molar-refractivity contribution is 5.89. The first-order valence-corrected chi connectivity index (χ1v) is 8.85. The summed E-state index contributed by atoms with van der Waals surface area (Å²) in [5, 5.41) is 0. The second-order valence-electron chi connectivity index (χ2n) is 6.96. The molecule has 1 aliphatic carbocycles. The van der Waals surface area contributed by atoms with Gasteiger partial charge in [-0.25, -0.2) is 0 Å². The SMILES string of the molecule is CC(C(=O)N1CCC[C@H]1C(=O)N1CCOCC1)C1CCCC1. The first-order chi connectivity index (χ1) is 10.7. The van der Waals surface area contributed by atoms with Crippen molar-refractivity contribution in [1.82, 2.24) is 9.80 Å². The molecule has 5 heteroatoms. The van der Waals surface area contributed by atoms with Crippen LogP contribution in [0.25, 0.3) is 0 Å². The summed E-state index contributed by atoms with van der Waals surface area (Å²) in [6.07, 6.45) is 6.60. The fourth-order valence-corrected chi connectivity index (χ4v) is 4.20. The molecule has 2 amide bonds. The monoisotopic (exact) mass is 308 g/mol. The normalized spacial score (nSPS) is 28.1. The number of nitrogens with zero attached hydrogens (tertiary/aromatic N) is 2. The molecule has 0 bridgehead atoms. The van der Waals surface area contributed by atoms with E-state index in [9.17, 15) is 9.59 Å². The molecule has 0 aromatic heterocycles. The van der Waals surface area contributed by atoms with E-state index in [-0.39, 0.29) is 23.8 Å². The van der Waals surface area contributed by atoms with Crippen LogP contribution in [-0.2, 0) is 14.3 Å². The lowest BCUT2D eigenvalue weighted by Gasteiger charge is -2.34. The van der Waals surface area contributed by atoms with E-state index < -0.39 is 0 Å². The maximum absolute atomic E-state index is 12.9. The number of hydrogen-bond donors (Lipinski definition) is 0. The van der Waals surface area contributed by atoms with Crippen LogP contribution in [0.15, 0.2) is 0 Å². The largest absolute Gasteiger partial charge is 0.378 e. The maximum atomic E-state index is 12.9. The zero-order chi connectivity index (χ0) is 15.5. The Morgan fingerprint density at radius 3 is 2.36 bits per heavy atom. The Morgan fingerprint density at radius 1 is 1.00 bits per heavy atom. The second kappa shape index (κ2) is 6.99. The van der Waals surface area contributed by atoms with Crippen molar-refractivity contribution in [2.45, 2.75) is 51.5 Å². The smallest absolute Gasteiger partial charge is 0.245 e. The molecule has 5 nitrogen and oxygen atoms in total. The maximum Gasteiger partial charge on any atom is 0.245 e. The van der Waals surface area contributed by atoms with Crippen molar-refractivity contribution in [3.8, 4) is 0 Å². The Labute approximate surface area is 133 Å².